The number of aromatic hydroxyl groups is 8. The first-order valence-corrected chi connectivity index (χ1v) is 17.3. The Kier molecular flexibility index (Phi) is 7.42. The number of fused-ring (bicyclic) bond motifs is 4. The monoisotopic (exact) mass is 740 g/mol. The molecule has 8 aromatic rings. The van der Waals surface area contributed by atoms with Crippen molar-refractivity contribution in [2.24, 2.45) is 0 Å². The first kappa shape index (κ1) is 33.8. The number of carbonyl (C=O) groups is 2. The second-order valence-electron chi connectivity index (χ2n) is 13.8. The van der Waals surface area contributed by atoms with Crippen LogP contribution in [0, 0.1) is 0 Å². The summed E-state index contributed by atoms with van der Waals surface area (Å²) in [6.07, 6.45) is 0. The van der Waals surface area contributed by atoms with E-state index in [-0.39, 0.29) is 79.8 Å². The van der Waals surface area contributed by atoms with Gasteiger partial charge in [-0.05, 0) is 163 Å². The summed E-state index contributed by atoms with van der Waals surface area (Å²) in [4.78, 5) is 28.7. The molecule has 272 valence electrons. The Hall–Kier alpha value is -7.98. The van der Waals surface area contributed by atoms with Crippen molar-refractivity contribution in [3.05, 3.63) is 144 Å². The molecule has 0 spiro atoms. The molecule has 10 heteroatoms. The summed E-state index contributed by atoms with van der Waals surface area (Å²) in [6, 6.07) is 31.1. The number of benzene rings is 8. The molecule has 0 fully saturated rings. The van der Waals surface area contributed by atoms with Crippen molar-refractivity contribution in [1.29, 1.82) is 0 Å². The minimum Gasteiger partial charge on any atom is -0.504 e. The van der Waals surface area contributed by atoms with Crippen molar-refractivity contribution in [3.63, 3.8) is 0 Å². The van der Waals surface area contributed by atoms with Gasteiger partial charge < -0.3 is 40.9 Å². The van der Waals surface area contributed by atoms with Gasteiger partial charge in [-0.2, -0.15) is 0 Å². The van der Waals surface area contributed by atoms with Gasteiger partial charge in [-0.1, -0.05) is 24.3 Å². The zero-order chi connectivity index (χ0) is 39.2. The van der Waals surface area contributed by atoms with Crippen LogP contribution in [-0.2, 0) is 0 Å². The zero-order valence-electron chi connectivity index (χ0n) is 28.9. The summed E-state index contributed by atoms with van der Waals surface area (Å²) in [7, 11) is 0. The standard InChI is InChI=1S/C46H28O10/c47-37-5-1-21(17-41(37)51)29-9-25-13-33-34(14-26(25)10-30(29)22-2-6-38(48)42(52)18-22)46(56)36-16-28-12-32(24-4-8-40(50)44(54)20-24)31(11-27(28)15-35(36)45(33)55)23-3-7-39(49)43(53)19-23/h1-20,47-54H. The molecule has 0 unspecified atom stereocenters. The van der Waals surface area contributed by atoms with Gasteiger partial charge in [-0.25, -0.2) is 0 Å². The highest BCUT2D eigenvalue weighted by Crippen LogP contribution is 2.44. The van der Waals surface area contributed by atoms with Crippen molar-refractivity contribution >= 4 is 33.1 Å². The number of hydrogen-bond donors (Lipinski definition) is 8. The van der Waals surface area contributed by atoms with E-state index < -0.39 is 0 Å². The maximum Gasteiger partial charge on any atom is 0.194 e. The van der Waals surface area contributed by atoms with Crippen molar-refractivity contribution < 1.29 is 50.4 Å². The Balaban J connectivity index is 1.24. The van der Waals surface area contributed by atoms with E-state index in [4.69, 9.17) is 0 Å². The van der Waals surface area contributed by atoms with Crippen LogP contribution in [0.25, 0.3) is 66.1 Å². The minimum atomic E-state index is -0.383. The fraction of sp³-hybridized carbons (Fsp3) is 0. The summed E-state index contributed by atoms with van der Waals surface area (Å²) < 4.78 is 0. The molecule has 0 aliphatic heterocycles. The van der Waals surface area contributed by atoms with Crippen molar-refractivity contribution in [2.75, 3.05) is 0 Å². The highest BCUT2D eigenvalue weighted by Gasteiger charge is 2.31. The van der Waals surface area contributed by atoms with Gasteiger partial charge in [0.1, 0.15) is 0 Å². The van der Waals surface area contributed by atoms with E-state index in [0.29, 0.717) is 66.1 Å². The average molecular weight is 741 g/mol. The van der Waals surface area contributed by atoms with Gasteiger partial charge in [0.05, 0.1) is 0 Å². The fourth-order valence-corrected chi connectivity index (χ4v) is 7.46. The molecule has 8 aromatic carbocycles. The molecule has 1 aliphatic rings. The van der Waals surface area contributed by atoms with E-state index >= 15 is 0 Å². The SMILES string of the molecule is O=C1c2cc3cc(-c4ccc(O)c(O)c4)c(-c4ccc(O)c(O)c4)cc3cc2C(=O)c2cc3cc(-c4ccc(O)c(O)c4)c(-c4ccc(O)c(O)c4)cc3cc21. The molecule has 9 rings (SSSR count). The van der Waals surface area contributed by atoms with E-state index in [1.54, 1.807) is 72.8 Å². The maximum atomic E-state index is 14.4. The molecule has 0 amide bonds. The third kappa shape index (κ3) is 5.35. The van der Waals surface area contributed by atoms with Crippen LogP contribution in [0.15, 0.2) is 121 Å². The molecular weight excluding hydrogens is 712 g/mol. The largest absolute Gasteiger partial charge is 0.504 e. The predicted octanol–water partition coefficient (Wildman–Crippen LogP) is 9.08. The Bertz CT molecular complexity index is 2650. The second-order valence-corrected chi connectivity index (χ2v) is 13.8. The fourth-order valence-electron chi connectivity index (χ4n) is 7.46. The van der Waals surface area contributed by atoms with Gasteiger partial charge >= 0.3 is 0 Å². The molecule has 0 bridgehead atoms. The quantitative estimate of drug-likeness (QED) is 0.0806. The van der Waals surface area contributed by atoms with Gasteiger partial charge in [0.25, 0.3) is 0 Å². The Morgan fingerprint density at radius 1 is 0.232 bits per heavy atom. The Morgan fingerprint density at radius 2 is 0.429 bits per heavy atom. The summed E-state index contributed by atoms with van der Waals surface area (Å²) in [5.74, 6) is -3.42. The first-order valence-electron chi connectivity index (χ1n) is 17.3. The van der Waals surface area contributed by atoms with Crippen molar-refractivity contribution in [3.8, 4) is 90.5 Å². The molecule has 0 atom stereocenters. The van der Waals surface area contributed by atoms with Crippen LogP contribution in [0.4, 0.5) is 0 Å². The lowest BCUT2D eigenvalue weighted by Crippen LogP contribution is -2.21. The van der Waals surface area contributed by atoms with Gasteiger partial charge in [0, 0.05) is 22.3 Å². The summed E-state index contributed by atoms with van der Waals surface area (Å²) in [5, 5.41) is 83.9. The molecule has 8 N–H and O–H groups in total. The zero-order valence-corrected chi connectivity index (χ0v) is 28.9. The first-order chi connectivity index (χ1) is 26.8. The van der Waals surface area contributed by atoms with E-state index in [0.717, 1.165) is 0 Å². The van der Waals surface area contributed by atoms with E-state index in [1.807, 2.05) is 0 Å². The van der Waals surface area contributed by atoms with Crippen LogP contribution in [0.2, 0.25) is 0 Å². The molecular formula is C46H28O10. The van der Waals surface area contributed by atoms with Gasteiger partial charge in [-0.15, -0.1) is 0 Å². The normalized spacial score (nSPS) is 12.2. The molecule has 0 aromatic heterocycles. The summed E-state index contributed by atoms with van der Waals surface area (Å²) in [5.41, 5.74) is 5.09. The summed E-state index contributed by atoms with van der Waals surface area (Å²) in [6.45, 7) is 0. The molecule has 0 saturated carbocycles. The smallest absolute Gasteiger partial charge is 0.194 e. The number of carbonyl (C=O) groups excluding carboxylic acids is 2. The Morgan fingerprint density at radius 3 is 0.625 bits per heavy atom. The van der Waals surface area contributed by atoms with Crippen molar-refractivity contribution in [2.45, 2.75) is 0 Å². The number of rotatable bonds is 4. The van der Waals surface area contributed by atoms with Crippen LogP contribution in [0.3, 0.4) is 0 Å². The molecule has 1 aliphatic carbocycles. The topological polar surface area (TPSA) is 196 Å². The third-order valence-corrected chi connectivity index (χ3v) is 10.4. The lowest BCUT2D eigenvalue weighted by molar-refractivity contribution is 0.0979. The molecule has 0 heterocycles. The van der Waals surface area contributed by atoms with Crippen LogP contribution < -0.4 is 0 Å². The van der Waals surface area contributed by atoms with Crippen LogP contribution in [0.5, 0.6) is 46.0 Å². The van der Waals surface area contributed by atoms with E-state index in [9.17, 15) is 50.4 Å². The molecule has 0 radical (unpaired) electrons. The van der Waals surface area contributed by atoms with E-state index in [2.05, 4.69) is 0 Å². The van der Waals surface area contributed by atoms with E-state index in [1.165, 1.54) is 48.5 Å². The second kappa shape index (κ2) is 12.3. The van der Waals surface area contributed by atoms with Crippen LogP contribution in [-0.4, -0.2) is 52.4 Å². The highest BCUT2D eigenvalue weighted by atomic mass is 16.3. The maximum absolute atomic E-state index is 14.4. The number of hydrogen-bond acceptors (Lipinski definition) is 10. The van der Waals surface area contributed by atoms with Gasteiger partial charge in [0.15, 0.2) is 57.6 Å². The van der Waals surface area contributed by atoms with Gasteiger partial charge in [0.2, 0.25) is 0 Å². The van der Waals surface area contributed by atoms with Crippen LogP contribution in [0.1, 0.15) is 31.8 Å². The molecule has 0 saturated heterocycles. The van der Waals surface area contributed by atoms with Gasteiger partial charge in [-0.3, -0.25) is 9.59 Å². The highest BCUT2D eigenvalue weighted by molar-refractivity contribution is 6.31. The van der Waals surface area contributed by atoms with Crippen molar-refractivity contribution in [1.82, 2.24) is 0 Å². The minimum absolute atomic E-state index is 0.184. The Labute approximate surface area is 316 Å². The number of phenols is 8. The molecule has 10 nitrogen and oxygen atoms in total. The lowest BCUT2D eigenvalue weighted by Gasteiger charge is -2.21. The molecule has 56 heavy (non-hydrogen) atoms. The number of ketones is 2. The predicted molar refractivity (Wildman–Crippen MR) is 210 cm³/mol. The average Bonchev–Trinajstić information content (AvgIpc) is 3.19. The number of phenolic OH excluding ortho intramolecular Hbond substituents is 8. The lowest BCUT2D eigenvalue weighted by atomic mass is 9.80. The summed E-state index contributed by atoms with van der Waals surface area (Å²) >= 11 is 0. The third-order valence-electron chi connectivity index (χ3n) is 10.4. The van der Waals surface area contributed by atoms with Crippen LogP contribution >= 0.6 is 0 Å².